The molecule has 14 atom stereocenters. The lowest BCUT2D eigenvalue weighted by molar-refractivity contribution is -0.156. The zero-order chi connectivity index (χ0) is 72.6. The monoisotopic (exact) mass is 1350 g/mol. The zero-order valence-corrected chi connectivity index (χ0v) is 57.9. The molecule has 542 valence electrons. The van der Waals surface area contributed by atoms with E-state index in [4.69, 9.17) is 4.74 Å². The van der Waals surface area contributed by atoms with E-state index < -0.39 is 199 Å². The lowest BCUT2D eigenvalue weighted by atomic mass is 9.96. The summed E-state index contributed by atoms with van der Waals surface area (Å²) in [7, 11) is 0. The molecule has 31 heteroatoms. The van der Waals surface area contributed by atoms with E-state index in [0.29, 0.717) is 12.8 Å². The van der Waals surface area contributed by atoms with Gasteiger partial charge in [-0.1, -0.05) is 129 Å². The molecule has 16 N–H and O–H groups in total. The maximum absolute atomic E-state index is 14.8. The topological polar surface area (TPSA) is 482 Å². The minimum Gasteiger partial charge on any atom is -0.481 e. The smallest absolute Gasteiger partial charge is 0.326 e. The first-order valence-corrected chi connectivity index (χ1v) is 33.2. The number of esters is 1. The van der Waals surface area contributed by atoms with Crippen molar-refractivity contribution in [2.45, 2.75) is 272 Å². The maximum atomic E-state index is 14.8. The Hall–Kier alpha value is -7.54. The number of hydrogen-bond acceptors (Lipinski definition) is 18. The number of amides is 11. The van der Waals surface area contributed by atoms with E-state index >= 15 is 0 Å². The van der Waals surface area contributed by atoms with E-state index in [1.807, 2.05) is 0 Å². The van der Waals surface area contributed by atoms with Gasteiger partial charge in [0.05, 0.1) is 38.6 Å². The lowest BCUT2D eigenvalue weighted by Gasteiger charge is -2.30. The predicted octanol–water partition coefficient (Wildman–Crippen LogP) is -0.413. The van der Waals surface area contributed by atoms with Crippen LogP contribution in [0.4, 0.5) is 0 Å². The Kier molecular flexibility index (Phi) is 39.2. The summed E-state index contributed by atoms with van der Waals surface area (Å²) in [5, 5.41) is 78.7. The molecule has 1 aliphatic heterocycles. The second-order valence-electron chi connectivity index (χ2n) is 26.9. The van der Waals surface area contributed by atoms with E-state index in [2.05, 4.69) is 65.4 Å². The fourth-order valence-corrected chi connectivity index (χ4v) is 10.3. The second-order valence-corrected chi connectivity index (χ2v) is 26.9. The number of cyclic esters (lactones) is 1. The van der Waals surface area contributed by atoms with Crippen molar-refractivity contribution in [2.24, 2.45) is 35.5 Å². The average molecular weight is 1350 g/mol. The number of unbranched alkanes of at least 4 members (excludes halogenated alkanes) is 4. The molecular weight excluding hydrogens is 1240 g/mol. The molecule has 0 radical (unpaired) electrons. The third-order valence-corrected chi connectivity index (χ3v) is 15.6. The third kappa shape index (κ3) is 32.6. The summed E-state index contributed by atoms with van der Waals surface area (Å²) < 4.78 is 5.59. The Balaban J connectivity index is 4.21. The molecule has 0 aromatic rings. The highest BCUT2D eigenvalue weighted by atomic mass is 16.5. The number of ether oxygens (including phenoxy) is 1. The van der Waals surface area contributed by atoms with Crippen LogP contribution in [-0.2, 0) is 71.9 Å². The molecular formula is C64H111N11O20. The average Bonchev–Trinajstić information content (AvgIpc) is 0.901. The van der Waals surface area contributed by atoms with E-state index in [1.54, 1.807) is 76.2 Å². The molecule has 0 aromatic carbocycles. The number of rotatable bonds is 30. The second kappa shape index (κ2) is 43.5. The Bertz CT molecular complexity index is 2570. The number of hydrogen-bond donors (Lipinski definition) is 16. The van der Waals surface area contributed by atoms with Crippen molar-refractivity contribution in [1.29, 1.82) is 0 Å². The number of nitrogens with one attached hydrogen (secondary N) is 11. The molecule has 0 aromatic heterocycles. The molecule has 1 fully saturated rings. The van der Waals surface area contributed by atoms with Gasteiger partial charge in [-0.3, -0.25) is 62.3 Å². The highest BCUT2D eigenvalue weighted by molar-refractivity contribution is 6.00. The molecule has 1 rings (SSSR count). The first-order chi connectivity index (χ1) is 44.4. The van der Waals surface area contributed by atoms with Gasteiger partial charge in [-0.05, 0) is 81.0 Å². The summed E-state index contributed by atoms with van der Waals surface area (Å²) in [6, 6.07) is -18.9. The number of carboxylic acid groups (broad SMARTS) is 2. The maximum Gasteiger partial charge on any atom is 0.326 e. The molecule has 0 saturated carbocycles. The fourth-order valence-electron chi connectivity index (χ4n) is 10.3. The summed E-state index contributed by atoms with van der Waals surface area (Å²) >= 11 is 0. The van der Waals surface area contributed by atoms with E-state index in [1.165, 1.54) is 6.92 Å². The first kappa shape index (κ1) is 85.5. The first-order valence-electron chi connectivity index (χ1n) is 33.2. The number of aliphatic hydroxyl groups excluding tert-OH is 3. The lowest BCUT2D eigenvalue weighted by Crippen LogP contribution is -2.62. The van der Waals surface area contributed by atoms with Gasteiger partial charge in [-0.25, -0.2) is 4.79 Å². The molecule has 1 heterocycles. The van der Waals surface area contributed by atoms with Crippen LogP contribution in [0.1, 0.15) is 193 Å². The molecule has 0 unspecified atom stereocenters. The standard InChI is InChI=1S/C64H111N11O20/c1-15-17-18-19-20-21-39(78)27-49(79)65-40(22-32(3)4)54(83)69-45(28-50(80)81)59(88)75-53-38(14)95-51(82)29-46(64(93)94)71-62(91)52(37(13)16-2)74-58(87)44(26-36(11)12)68-61(90)48(31-77)73-57(86)42(24-34(7)8)67-60(89)47(30-76)72-56(85)41(23-33(5)6)66-55(84)43(25-35(9)10)70-63(53)92/h32-48,52-53,76-78H,15-31H2,1-14H3,(H,65,79)(H,66,84)(H,67,89)(H,68,90)(H,69,83)(H,70,92)(H,71,91)(H,72,85)(H,73,86)(H,74,87)(H,75,88)(H,80,81)(H,93,94)/t37-,38-,39+,40-,41-,42-,43-,44-,45+,46-,47-,48-,52+,53+/m1/s1. The van der Waals surface area contributed by atoms with Crippen LogP contribution in [0.5, 0.6) is 0 Å². The van der Waals surface area contributed by atoms with Crippen molar-refractivity contribution in [3.05, 3.63) is 0 Å². The van der Waals surface area contributed by atoms with Gasteiger partial charge in [0, 0.05) is 0 Å². The number of carbonyl (C=O) groups excluding carboxylic acids is 12. The Morgan fingerprint density at radius 2 is 0.926 bits per heavy atom. The van der Waals surface area contributed by atoms with Crippen molar-refractivity contribution in [1.82, 2.24) is 58.5 Å². The minimum absolute atomic E-state index is 0.0328. The minimum atomic E-state index is -2.15. The van der Waals surface area contributed by atoms with Crippen LogP contribution in [0.15, 0.2) is 0 Å². The van der Waals surface area contributed by atoms with Crippen molar-refractivity contribution in [2.75, 3.05) is 13.2 Å². The fraction of sp³-hybridized carbons (Fsp3) is 0.781. The normalized spacial score (nSPS) is 24.3. The van der Waals surface area contributed by atoms with Crippen LogP contribution >= 0.6 is 0 Å². The molecule has 95 heavy (non-hydrogen) atoms. The van der Waals surface area contributed by atoms with Crippen LogP contribution in [0.25, 0.3) is 0 Å². The summed E-state index contributed by atoms with van der Waals surface area (Å²) in [4.78, 5) is 195. The number of aliphatic hydroxyl groups is 3. The Morgan fingerprint density at radius 1 is 0.505 bits per heavy atom. The molecule has 0 spiro atoms. The van der Waals surface area contributed by atoms with Crippen LogP contribution in [0, 0.1) is 35.5 Å². The van der Waals surface area contributed by atoms with Crippen molar-refractivity contribution in [3.63, 3.8) is 0 Å². The van der Waals surface area contributed by atoms with Crippen LogP contribution in [0.3, 0.4) is 0 Å². The van der Waals surface area contributed by atoms with Gasteiger partial charge < -0.3 is 88.8 Å². The molecule has 0 aliphatic carbocycles. The van der Waals surface area contributed by atoms with Crippen LogP contribution < -0.4 is 58.5 Å². The quantitative estimate of drug-likeness (QED) is 0.0321. The van der Waals surface area contributed by atoms with E-state index in [0.717, 1.165) is 32.6 Å². The Labute approximate surface area is 557 Å². The molecule has 11 amide bonds. The van der Waals surface area contributed by atoms with Crippen molar-refractivity contribution >= 4 is 82.9 Å². The van der Waals surface area contributed by atoms with Crippen LogP contribution in [0.2, 0.25) is 0 Å². The van der Waals surface area contributed by atoms with E-state index in [-0.39, 0.29) is 68.6 Å². The summed E-state index contributed by atoms with van der Waals surface area (Å²) in [6.07, 6.45) is -1.22. The highest BCUT2D eigenvalue weighted by Gasteiger charge is 2.41. The number of aliphatic carboxylic acids is 2. The van der Waals surface area contributed by atoms with Gasteiger partial charge in [0.25, 0.3) is 0 Å². The predicted molar refractivity (Wildman–Crippen MR) is 346 cm³/mol. The zero-order valence-electron chi connectivity index (χ0n) is 57.9. The number of carboxylic acids is 2. The van der Waals surface area contributed by atoms with Crippen molar-refractivity contribution < 1.29 is 97.4 Å². The summed E-state index contributed by atoms with van der Waals surface area (Å²) in [6.45, 7) is 21.2. The van der Waals surface area contributed by atoms with Gasteiger partial charge >= 0.3 is 17.9 Å². The Morgan fingerprint density at radius 3 is 1.33 bits per heavy atom. The van der Waals surface area contributed by atoms with Gasteiger partial charge in [-0.2, -0.15) is 0 Å². The molecule has 0 bridgehead atoms. The third-order valence-electron chi connectivity index (χ3n) is 15.6. The number of carbonyl (C=O) groups is 14. The van der Waals surface area contributed by atoms with Crippen LogP contribution in [-0.4, -0.2) is 200 Å². The summed E-state index contributed by atoms with van der Waals surface area (Å²) in [5.41, 5.74) is 0. The molecule has 1 aliphatic rings. The largest absolute Gasteiger partial charge is 0.481 e. The molecule has 31 nitrogen and oxygen atoms in total. The highest BCUT2D eigenvalue weighted by Crippen LogP contribution is 2.17. The van der Waals surface area contributed by atoms with Crippen molar-refractivity contribution in [3.8, 4) is 0 Å². The van der Waals surface area contributed by atoms with Gasteiger partial charge in [0.2, 0.25) is 65.0 Å². The van der Waals surface area contributed by atoms with Gasteiger partial charge in [0.15, 0.2) is 0 Å². The van der Waals surface area contributed by atoms with Gasteiger partial charge in [-0.15, -0.1) is 0 Å². The van der Waals surface area contributed by atoms with Gasteiger partial charge in [0.1, 0.15) is 72.6 Å². The SMILES string of the molecule is CCCCCCC[C@H](O)CC(=O)N[C@H](CC(C)C)C(=O)N[C@@H](CC(=O)O)C(=O)N[C@@H]1C(=O)N[C@H](CC(C)C)C(=O)N[C@H](CC(C)C)C(=O)N[C@H](CO)C(=O)N[C@H](CC(C)C)C(=O)N[C@H](CO)C(=O)N[C@H](CC(C)C)C(=O)N[C@@H]([C@H](C)CC)C(=O)N[C@@H](C(=O)O)CC(=O)O[C@@H]1C. The molecule has 1 saturated heterocycles. The van der Waals surface area contributed by atoms with E-state index in [9.17, 15) is 92.7 Å². The summed E-state index contributed by atoms with van der Waals surface area (Å²) in [5.74, 6) is -19.1.